The van der Waals surface area contributed by atoms with Crippen molar-refractivity contribution in [3.63, 3.8) is 0 Å². The molecule has 1 aromatic carbocycles. The van der Waals surface area contributed by atoms with Crippen LogP contribution in [-0.4, -0.2) is 23.5 Å². The van der Waals surface area contributed by atoms with Crippen molar-refractivity contribution >= 4 is 10.0 Å². The largest absolute Gasteiger partial charge is 0.339 e. The Balaban J connectivity index is 1.52. The lowest BCUT2D eigenvalue weighted by atomic mass is 10.1. The minimum absolute atomic E-state index is 0.132. The molecule has 0 amide bonds. The van der Waals surface area contributed by atoms with Gasteiger partial charge in [-0.3, -0.25) is 0 Å². The van der Waals surface area contributed by atoms with Gasteiger partial charge in [-0.15, -0.1) is 0 Å². The number of hydrogen-bond acceptors (Lipinski definition) is 6. The van der Waals surface area contributed by atoms with Crippen LogP contribution in [0.5, 0.6) is 0 Å². The molecule has 1 aliphatic rings. The van der Waals surface area contributed by atoms with Gasteiger partial charge in [0.15, 0.2) is 5.03 Å². The molecule has 1 aliphatic carbocycles. The first-order valence-corrected chi connectivity index (χ1v) is 8.95. The smallest absolute Gasteiger partial charge is 0.255 e. The van der Waals surface area contributed by atoms with Gasteiger partial charge in [-0.2, -0.15) is 4.98 Å². The quantitative estimate of drug-likeness (QED) is 0.776. The monoisotopic (exact) mass is 342 g/mol. The predicted octanol–water partition coefficient (Wildman–Crippen LogP) is 2.05. The van der Waals surface area contributed by atoms with Crippen LogP contribution in [0.4, 0.5) is 0 Å². The van der Waals surface area contributed by atoms with E-state index in [1.165, 1.54) is 6.07 Å². The summed E-state index contributed by atoms with van der Waals surface area (Å²) in [6, 6.07) is 12.8. The number of pyridine rings is 1. The number of aromatic nitrogens is 3. The number of rotatable bonds is 4. The molecule has 2 N–H and O–H groups in total. The standard InChI is InChI=1S/C16H14N4O3S/c17-24(21,22)14-7-6-11(9-18-14)12-8-13(12)16-19-15(20-23-16)10-4-2-1-3-5-10/h1-7,9,12-13H,8H2,(H2,17,21,22). The number of primary sulfonamides is 1. The van der Waals surface area contributed by atoms with Crippen LogP contribution in [0.2, 0.25) is 0 Å². The second-order valence-electron chi connectivity index (χ2n) is 5.75. The summed E-state index contributed by atoms with van der Waals surface area (Å²) in [5.41, 5.74) is 1.84. The highest BCUT2D eigenvalue weighted by molar-refractivity contribution is 7.89. The van der Waals surface area contributed by atoms with Gasteiger partial charge in [-0.05, 0) is 24.0 Å². The molecule has 4 rings (SSSR count). The van der Waals surface area contributed by atoms with Crippen LogP contribution >= 0.6 is 0 Å². The van der Waals surface area contributed by atoms with Crippen molar-refractivity contribution in [2.75, 3.05) is 0 Å². The Morgan fingerprint density at radius 2 is 1.88 bits per heavy atom. The lowest BCUT2D eigenvalue weighted by Crippen LogP contribution is -2.13. The van der Waals surface area contributed by atoms with Gasteiger partial charge in [0, 0.05) is 17.7 Å². The molecule has 7 nitrogen and oxygen atoms in total. The third-order valence-corrected chi connectivity index (χ3v) is 4.88. The summed E-state index contributed by atoms with van der Waals surface area (Å²) >= 11 is 0. The van der Waals surface area contributed by atoms with Crippen LogP contribution in [0.1, 0.15) is 29.7 Å². The molecule has 2 heterocycles. The zero-order valence-electron chi connectivity index (χ0n) is 12.5. The van der Waals surface area contributed by atoms with E-state index in [9.17, 15) is 8.42 Å². The Morgan fingerprint density at radius 1 is 1.08 bits per heavy atom. The topological polar surface area (TPSA) is 112 Å². The molecule has 1 fully saturated rings. The van der Waals surface area contributed by atoms with E-state index in [0.29, 0.717) is 11.7 Å². The first-order valence-electron chi connectivity index (χ1n) is 7.40. The number of hydrogen-bond donors (Lipinski definition) is 1. The fraction of sp³-hybridized carbons (Fsp3) is 0.188. The number of nitrogens with zero attached hydrogens (tertiary/aromatic N) is 3. The number of benzene rings is 1. The zero-order valence-corrected chi connectivity index (χ0v) is 13.3. The third kappa shape index (κ3) is 2.81. The highest BCUT2D eigenvalue weighted by Crippen LogP contribution is 2.54. The maximum atomic E-state index is 11.2. The van der Waals surface area contributed by atoms with Gasteiger partial charge < -0.3 is 4.52 Å². The average molecular weight is 342 g/mol. The molecular formula is C16H14N4O3S. The fourth-order valence-electron chi connectivity index (χ4n) is 2.71. The second-order valence-corrected chi connectivity index (χ2v) is 7.25. The summed E-state index contributed by atoms with van der Waals surface area (Å²) in [6.45, 7) is 0. The minimum atomic E-state index is -3.77. The molecule has 0 bridgehead atoms. The third-order valence-electron chi connectivity index (χ3n) is 4.06. The van der Waals surface area contributed by atoms with Gasteiger partial charge in [0.1, 0.15) is 0 Å². The average Bonchev–Trinajstić information content (AvgIpc) is 3.23. The first-order chi connectivity index (χ1) is 11.5. The van der Waals surface area contributed by atoms with Crippen molar-refractivity contribution in [2.24, 2.45) is 5.14 Å². The van der Waals surface area contributed by atoms with E-state index in [0.717, 1.165) is 17.5 Å². The van der Waals surface area contributed by atoms with E-state index in [1.807, 2.05) is 30.3 Å². The van der Waals surface area contributed by atoms with Gasteiger partial charge in [0.2, 0.25) is 11.7 Å². The van der Waals surface area contributed by atoms with Crippen LogP contribution in [-0.2, 0) is 10.0 Å². The molecule has 2 atom stereocenters. The van der Waals surface area contributed by atoms with Crippen molar-refractivity contribution in [2.45, 2.75) is 23.3 Å². The SMILES string of the molecule is NS(=O)(=O)c1ccc(C2CC2c2nc(-c3ccccc3)no2)cn1. The summed E-state index contributed by atoms with van der Waals surface area (Å²) in [5, 5.41) is 8.94. The van der Waals surface area contributed by atoms with Gasteiger partial charge >= 0.3 is 0 Å². The van der Waals surface area contributed by atoms with Crippen molar-refractivity contribution in [1.29, 1.82) is 0 Å². The van der Waals surface area contributed by atoms with E-state index in [-0.39, 0.29) is 16.9 Å². The van der Waals surface area contributed by atoms with Gasteiger partial charge in [0.25, 0.3) is 10.0 Å². The van der Waals surface area contributed by atoms with Crippen molar-refractivity contribution < 1.29 is 12.9 Å². The Kier molecular flexibility index (Phi) is 3.43. The molecular weight excluding hydrogens is 328 g/mol. The van der Waals surface area contributed by atoms with E-state index in [1.54, 1.807) is 12.3 Å². The molecule has 0 aliphatic heterocycles. The highest BCUT2D eigenvalue weighted by atomic mass is 32.2. The molecule has 2 aromatic heterocycles. The Hall–Kier alpha value is -2.58. The molecule has 24 heavy (non-hydrogen) atoms. The maximum Gasteiger partial charge on any atom is 0.255 e. The maximum absolute atomic E-state index is 11.2. The molecule has 0 radical (unpaired) electrons. The summed E-state index contributed by atoms with van der Waals surface area (Å²) in [4.78, 5) is 8.37. The van der Waals surface area contributed by atoms with Gasteiger partial charge in [-0.25, -0.2) is 18.5 Å². The summed E-state index contributed by atoms with van der Waals surface area (Å²) in [7, 11) is -3.77. The lowest BCUT2D eigenvalue weighted by molar-refractivity contribution is 0.378. The van der Waals surface area contributed by atoms with Crippen LogP contribution in [0.3, 0.4) is 0 Å². The lowest BCUT2D eigenvalue weighted by Gasteiger charge is -2.00. The van der Waals surface area contributed by atoms with E-state index in [2.05, 4.69) is 15.1 Å². The molecule has 1 saturated carbocycles. The summed E-state index contributed by atoms with van der Waals surface area (Å²) in [6.07, 6.45) is 2.41. The second kappa shape index (κ2) is 5.50. The van der Waals surface area contributed by atoms with Gasteiger partial charge in [-0.1, -0.05) is 41.6 Å². The van der Waals surface area contributed by atoms with Crippen LogP contribution in [0.25, 0.3) is 11.4 Å². The molecule has 0 spiro atoms. The summed E-state index contributed by atoms with van der Waals surface area (Å²) < 4.78 is 27.8. The van der Waals surface area contributed by atoms with Crippen LogP contribution < -0.4 is 5.14 Å². The van der Waals surface area contributed by atoms with Crippen molar-refractivity contribution in [1.82, 2.24) is 15.1 Å². The van der Waals surface area contributed by atoms with Crippen LogP contribution in [0, 0.1) is 0 Å². The summed E-state index contributed by atoms with van der Waals surface area (Å²) in [5.74, 6) is 1.50. The zero-order chi connectivity index (χ0) is 16.7. The van der Waals surface area contributed by atoms with Crippen molar-refractivity contribution in [3.8, 4) is 11.4 Å². The predicted molar refractivity (Wildman–Crippen MR) is 85.4 cm³/mol. The Bertz CT molecular complexity index is 968. The normalized spacial score (nSPS) is 20.0. The molecule has 122 valence electrons. The molecule has 3 aromatic rings. The van der Waals surface area contributed by atoms with Crippen LogP contribution in [0.15, 0.2) is 58.2 Å². The van der Waals surface area contributed by atoms with E-state index in [4.69, 9.17) is 9.66 Å². The van der Waals surface area contributed by atoms with Crippen molar-refractivity contribution in [3.05, 3.63) is 60.1 Å². The Labute approximate surface area is 138 Å². The van der Waals surface area contributed by atoms with Gasteiger partial charge in [0.05, 0.1) is 0 Å². The molecule has 2 unspecified atom stereocenters. The van der Waals surface area contributed by atoms with E-state index < -0.39 is 10.0 Å². The first kappa shape index (κ1) is 15.0. The number of nitrogens with two attached hydrogens (primary N) is 1. The number of sulfonamides is 1. The van der Waals surface area contributed by atoms with E-state index >= 15 is 0 Å². The fourth-order valence-corrected chi connectivity index (χ4v) is 3.16. The minimum Gasteiger partial charge on any atom is -0.339 e. The molecule has 8 heteroatoms. The highest BCUT2D eigenvalue weighted by Gasteiger charge is 2.44. The Morgan fingerprint density at radius 3 is 2.54 bits per heavy atom. The molecule has 0 saturated heterocycles.